The molecule has 0 heterocycles. The van der Waals surface area contributed by atoms with Gasteiger partial charge in [0.1, 0.15) is 11.5 Å². The molecule has 5 aliphatic carbocycles. The fourth-order valence-corrected chi connectivity index (χ4v) is 10.2. The summed E-state index contributed by atoms with van der Waals surface area (Å²) in [6.07, 6.45) is 8.50. The van der Waals surface area contributed by atoms with Crippen LogP contribution in [0.15, 0.2) is 23.3 Å². The molecule has 8 atom stereocenters. The van der Waals surface area contributed by atoms with Crippen molar-refractivity contribution < 1.29 is 23.9 Å². The van der Waals surface area contributed by atoms with Crippen LogP contribution in [0.2, 0.25) is 0 Å². The van der Waals surface area contributed by atoms with Gasteiger partial charge in [-0.25, -0.2) is 0 Å². The van der Waals surface area contributed by atoms with E-state index in [4.69, 9.17) is 10.5 Å². The van der Waals surface area contributed by atoms with Crippen LogP contribution in [-0.4, -0.2) is 30.6 Å². The summed E-state index contributed by atoms with van der Waals surface area (Å²) in [5.41, 5.74) is 2.77. The number of nitrogens with two attached hydrogens (primary N) is 1. The summed E-state index contributed by atoms with van der Waals surface area (Å²) in [5, 5.41) is 9.89. The van der Waals surface area contributed by atoms with Gasteiger partial charge < -0.3 is 10.5 Å². The average molecular weight is 535 g/mol. The summed E-state index contributed by atoms with van der Waals surface area (Å²) in [5.74, 6) is -2.37. The molecule has 0 aromatic heterocycles. The normalized spacial score (nSPS) is 46.3. The Kier molecular flexibility index (Phi) is 5.81. The number of primary amides is 1. The average Bonchev–Trinajstić information content (AvgIpc) is 2.86. The number of allylic oxidation sites excluding steroid dienone is 4. The quantitative estimate of drug-likeness (QED) is 0.399. The van der Waals surface area contributed by atoms with E-state index in [1.165, 1.54) is 7.11 Å². The number of hydrogen-bond acceptors (Lipinski definition) is 6. The van der Waals surface area contributed by atoms with Gasteiger partial charge in [-0.15, -0.1) is 0 Å². The van der Waals surface area contributed by atoms with Gasteiger partial charge in [-0.05, 0) is 86.0 Å². The highest BCUT2D eigenvalue weighted by Gasteiger charge is 2.72. The maximum absolute atomic E-state index is 14.4. The molecule has 2 N–H and O–H groups in total. The largest absolute Gasteiger partial charge is 0.469 e. The number of ether oxygens (including phenoxy) is 1. The van der Waals surface area contributed by atoms with Crippen molar-refractivity contribution in [2.75, 3.05) is 7.11 Å². The summed E-state index contributed by atoms with van der Waals surface area (Å²) in [6, 6.07) is 2.02. The Hall–Kier alpha value is -2.75. The minimum atomic E-state index is -1.53. The second-order valence-corrected chi connectivity index (χ2v) is 14.7. The van der Waals surface area contributed by atoms with Crippen molar-refractivity contribution >= 4 is 23.4 Å². The fourth-order valence-electron chi connectivity index (χ4n) is 10.2. The Morgan fingerprint density at radius 2 is 1.67 bits per heavy atom. The highest BCUT2D eigenvalue weighted by molar-refractivity contribution is 6.16. The summed E-state index contributed by atoms with van der Waals surface area (Å²) in [7, 11) is 1.45. The van der Waals surface area contributed by atoms with Gasteiger partial charge in [-0.1, -0.05) is 46.3 Å². The van der Waals surface area contributed by atoms with Crippen molar-refractivity contribution in [3.8, 4) is 6.07 Å². The van der Waals surface area contributed by atoms with Crippen molar-refractivity contribution in [2.24, 2.45) is 56.0 Å². The van der Waals surface area contributed by atoms with Gasteiger partial charge in [0.25, 0.3) is 0 Å². The number of esters is 1. The molecule has 3 saturated carbocycles. The molecule has 2 unspecified atom stereocenters. The predicted molar refractivity (Wildman–Crippen MR) is 144 cm³/mol. The molecule has 3 fully saturated rings. The first-order valence-corrected chi connectivity index (χ1v) is 14.3. The van der Waals surface area contributed by atoms with E-state index in [-0.39, 0.29) is 34.6 Å². The van der Waals surface area contributed by atoms with Crippen LogP contribution in [0.5, 0.6) is 0 Å². The molecule has 5 aliphatic rings. The van der Waals surface area contributed by atoms with E-state index in [0.29, 0.717) is 25.7 Å². The number of carbonyl (C=O) groups excluding carboxylic acids is 4. The molecule has 1 amide bonds. The minimum Gasteiger partial charge on any atom is -0.469 e. The molecule has 7 nitrogen and oxygen atoms in total. The van der Waals surface area contributed by atoms with Gasteiger partial charge >= 0.3 is 5.97 Å². The molecule has 5 rings (SSSR count). The third kappa shape index (κ3) is 3.21. The number of ketones is 2. The van der Waals surface area contributed by atoms with Crippen molar-refractivity contribution in [1.29, 1.82) is 5.26 Å². The number of methoxy groups -OCH3 is 1. The second-order valence-electron chi connectivity index (χ2n) is 14.7. The van der Waals surface area contributed by atoms with E-state index in [9.17, 15) is 24.4 Å². The molecule has 39 heavy (non-hydrogen) atoms. The number of carbonyl (C=O) groups is 4. The molecule has 210 valence electrons. The van der Waals surface area contributed by atoms with Crippen molar-refractivity contribution in [1.82, 2.24) is 0 Å². The van der Waals surface area contributed by atoms with Gasteiger partial charge in [0.2, 0.25) is 5.91 Å². The standard InChI is InChI=1S/C32H42N2O5/c1-27(2)10-12-32(26(38)39-7)13-11-30(5)23(19(32)16-27)20(35)14-22-28(3)15-18(17-33)24(36)31(6,25(34)37)21(28)8-9-29(22,30)4/h14-15,19,21,23H,8-13,16H2,1-7H3,(H2,34,37)/t19?,21-,23?,28+,29-,30-,31+,32+/m1/s1. The molecule has 0 aromatic carbocycles. The molecule has 0 bridgehead atoms. The van der Waals surface area contributed by atoms with Gasteiger partial charge in [0.15, 0.2) is 11.6 Å². The maximum atomic E-state index is 14.4. The van der Waals surface area contributed by atoms with E-state index in [1.54, 1.807) is 19.1 Å². The van der Waals surface area contributed by atoms with Crippen molar-refractivity contribution in [3.05, 3.63) is 23.3 Å². The van der Waals surface area contributed by atoms with Crippen molar-refractivity contribution in [3.63, 3.8) is 0 Å². The predicted octanol–water partition coefficient (Wildman–Crippen LogP) is 4.84. The Morgan fingerprint density at radius 3 is 2.26 bits per heavy atom. The Balaban J connectivity index is 1.72. The first kappa shape index (κ1) is 27.8. The van der Waals surface area contributed by atoms with Crippen LogP contribution in [0, 0.1) is 61.6 Å². The van der Waals surface area contributed by atoms with Gasteiger partial charge in [-0.2, -0.15) is 5.26 Å². The number of Topliss-reactive ketones (excluding diaryl/α,β-unsaturated/α-hetero) is 1. The third-order valence-corrected chi connectivity index (χ3v) is 12.7. The zero-order chi connectivity index (χ0) is 29.0. The molecule has 0 aliphatic heterocycles. The number of nitriles is 1. The number of nitrogens with zero attached hydrogens (tertiary/aromatic N) is 1. The van der Waals surface area contributed by atoms with Crippen LogP contribution < -0.4 is 5.73 Å². The van der Waals surface area contributed by atoms with Crippen LogP contribution in [0.1, 0.15) is 86.5 Å². The summed E-state index contributed by atoms with van der Waals surface area (Å²) in [4.78, 5) is 54.0. The molecular formula is C32H42N2O5. The smallest absolute Gasteiger partial charge is 0.312 e. The second kappa shape index (κ2) is 8.15. The first-order chi connectivity index (χ1) is 18.0. The van der Waals surface area contributed by atoms with Crippen LogP contribution in [0.3, 0.4) is 0 Å². The van der Waals surface area contributed by atoms with Gasteiger partial charge in [0, 0.05) is 11.3 Å². The number of amides is 1. The fraction of sp³-hybridized carbons (Fsp3) is 0.719. The van der Waals surface area contributed by atoms with Gasteiger partial charge in [-0.3, -0.25) is 19.2 Å². The van der Waals surface area contributed by atoms with Crippen LogP contribution in [-0.2, 0) is 23.9 Å². The first-order valence-electron chi connectivity index (χ1n) is 14.3. The Morgan fingerprint density at radius 1 is 1.03 bits per heavy atom. The van der Waals surface area contributed by atoms with E-state index in [1.807, 2.05) is 13.0 Å². The lowest BCUT2D eigenvalue weighted by Crippen LogP contribution is -2.66. The van der Waals surface area contributed by atoms with E-state index in [0.717, 1.165) is 24.8 Å². The zero-order valence-corrected chi connectivity index (χ0v) is 24.4. The molecular weight excluding hydrogens is 492 g/mol. The highest BCUT2D eigenvalue weighted by Crippen LogP contribution is 2.74. The lowest BCUT2D eigenvalue weighted by molar-refractivity contribution is -0.191. The Labute approximate surface area is 231 Å². The van der Waals surface area contributed by atoms with Crippen LogP contribution in [0.4, 0.5) is 0 Å². The monoisotopic (exact) mass is 534 g/mol. The van der Waals surface area contributed by atoms with Crippen molar-refractivity contribution in [2.45, 2.75) is 86.5 Å². The van der Waals surface area contributed by atoms with E-state index < -0.39 is 44.7 Å². The summed E-state index contributed by atoms with van der Waals surface area (Å²) < 4.78 is 5.38. The topological polar surface area (TPSA) is 127 Å². The van der Waals surface area contributed by atoms with Crippen LogP contribution >= 0.6 is 0 Å². The number of fused-ring (bicyclic) bond motifs is 7. The van der Waals surface area contributed by atoms with E-state index >= 15 is 0 Å². The lowest BCUT2D eigenvalue weighted by Gasteiger charge is -2.68. The highest BCUT2D eigenvalue weighted by atomic mass is 16.5. The Bertz CT molecular complexity index is 1300. The van der Waals surface area contributed by atoms with Crippen LogP contribution in [0.25, 0.3) is 0 Å². The number of hydrogen-bond donors (Lipinski definition) is 1. The SMILES string of the molecule is COC(=O)[C@]12CCC(C)(C)CC1C1C(=O)C=C3[C@@]4(C)C=C(C#N)C(=O)[C@@](C)(C(N)=O)[C@@H]4CC[C@@]3(C)[C@]1(C)CC2. The lowest BCUT2D eigenvalue weighted by atomic mass is 9.34. The third-order valence-electron chi connectivity index (χ3n) is 12.7. The summed E-state index contributed by atoms with van der Waals surface area (Å²) >= 11 is 0. The minimum absolute atomic E-state index is 0.00659. The number of rotatable bonds is 2. The van der Waals surface area contributed by atoms with E-state index in [2.05, 4.69) is 27.7 Å². The molecule has 0 radical (unpaired) electrons. The molecule has 0 saturated heterocycles. The van der Waals surface area contributed by atoms with Gasteiger partial charge in [0.05, 0.1) is 18.1 Å². The summed E-state index contributed by atoms with van der Waals surface area (Å²) in [6.45, 7) is 12.4. The zero-order valence-electron chi connectivity index (χ0n) is 24.4. The molecule has 0 spiro atoms. The maximum Gasteiger partial charge on any atom is 0.312 e. The molecule has 7 heteroatoms. The molecule has 0 aromatic rings.